The average Bonchev–Trinajstić information content (AvgIpc) is 2.95. The Morgan fingerprint density at radius 2 is 0.786 bits per heavy atom. The number of hydrogen-bond acceptors (Lipinski definition) is 12. The van der Waals surface area contributed by atoms with E-state index in [2.05, 4.69) is 0 Å². The summed E-state index contributed by atoms with van der Waals surface area (Å²) in [5.41, 5.74) is 1.02. The molecule has 2 rings (SSSR count). The molecule has 0 heterocycles. The van der Waals surface area contributed by atoms with Crippen LogP contribution in [0, 0.1) is 0 Å². The summed E-state index contributed by atoms with van der Waals surface area (Å²) < 4.78 is 32.3. The Kier molecular flexibility index (Phi) is 15.1. The highest BCUT2D eigenvalue weighted by Gasteiger charge is 2.22. The fraction of sp³-hybridized carbons (Fsp3) is 0.467. The number of hydrogen-bond donors (Lipinski definition) is 0. The lowest BCUT2D eigenvalue weighted by molar-refractivity contribution is -0.144. The smallest absolute Gasteiger partial charge is 0.325 e. The Morgan fingerprint density at radius 3 is 1.07 bits per heavy atom. The van der Waals surface area contributed by atoms with Gasteiger partial charge < -0.3 is 38.2 Å². The highest BCUT2D eigenvalue weighted by atomic mass is 16.5. The van der Waals surface area contributed by atoms with Gasteiger partial charge in [-0.3, -0.25) is 19.2 Å². The molecule has 0 aliphatic heterocycles. The number of ether oxygens (including phenoxy) is 6. The van der Waals surface area contributed by atoms with Crippen molar-refractivity contribution in [2.45, 2.75) is 27.7 Å². The van der Waals surface area contributed by atoms with Crippen LogP contribution in [0.15, 0.2) is 48.5 Å². The van der Waals surface area contributed by atoms with E-state index in [9.17, 15) is 19.2 Å². The molecule has 42 heavy (non-hydrogen) atoms. The minimum Gasteiger partial charge on any atom is -0.488 e. The minimum atomic E-state index is -0.494. The molecule has 12 heteroatoms. The molecule has 12 nitrogen and oxygen atoms in total. The van der Waals surface area contributed by atoms with Crippen molar-refractivity contribution in [3.8, 4) is 11.5 Å². The highest BCUT2D eigenvalue weighted by Crippen LogP contribution is 2.30. The topological polar surface area (TPSA) is 130 Å². The molecule has 0 spiro atoms. The fourth-order valence-corrected chi connectivity index (χ4v) is 3.89. The summed E-state index contributed by atoms with van der Waals surface area (Å²) in [7, 11) is 0. The van der Waals surface area contributed by atoms with E-state index in [1.54, 1.807) is 76.2 Å². The molecule has 0 aromatic heterocycles. The standard InChI is InChI=1S/C30H40N2O10/c1-5-37-27(33)19-31(20-28(34)38-6-2)23-13-9-11-15-25(23)41-17-18-42-26-16-12-10-14-24(26)32(21-29(35)39-7-3)22-30(36)40-8-4/h9-16H,5-8,17-22H2,1-4H3. The summed E-state index contributed by atoms with van der Waals surface area (Å²) in [5.74, 6) is -1.12. The van der Waals surface area contributed by atoms with Crippen LogP contribution in [0.25, 0.3) is 0 Å². The first-order valence-corrected chi connectivity index (χ1v) is 13.9. The molecular weight excluding hydrogens is 548 g/mol. The van der Waals surface area contributed by atoms with Crippen LogP contribution in [-0.2, 0) is 38.1 Å². The van der Waals surface area contributed by atoms with Gasteiger partial charge in [-0.25, -0.2) is 0 Å². The van der Waals surface area contributed by atoms with E-state index < -0.39 is 23.9 Å². The maximum Gasteiger partial charge on any atom is 0.325 e. The molecule has 0 N–H and O–H groups in total. The van der Waals surface area contributed by atoms with E-state index in [0.29, 0.717) is 22.9 Å². The maximum absolute atomic E-state index is 12.2. The monoisotopic (exact) mass is 588 g/mol. The second kappa shape index (κ2) is 18.8. The maximum atomic E-state index is 12.2. The van der Waals surface area contributed by atoms with Gasteiger partial charge >= 0.3 is 23.9 Å². The van der Waals surface area contributed by atoms with Crippen molar-refractivity contribution >= 4 is 35.3 Å². The number of para-hydroxylation sites is 4. The third kappa shape index (κ3) is 11.6. The quantitative estimate of drug-likeness (QED) is 0.136. The van der Waals surface area contributed by atoms with Crippen LogP contribution in [0.5, 0.6) is 11.5 Å². The van der Waals surface area contributed by atoms with Crippen molar-refractivity contribution in [3.63, 3.8) is 0 Å². The molecule has 0 saturated carbocycles. The van der Waals surface area contributed by atoms with Gasteiger partial charge in [-0.05, 0) is 52.0 Å². The summed E-state index contributed by atoms with van der Waals surface area (Å²) in [6.07, 6.45) is 0. The molecule has 0 saturated heterocycles. The van der Waals surface area contributed by atoms with Crippen molar-refractivity contribution in [1.82, 2.24) is 0 Å². The van der Waals surface area contributed by atoms with Gasteiger partial charge in [-0.15, -0.1) is 0 Å². The van der Waals surface area contributed by atoms with E-state index in [1.165, 1.54) is 9.80 Å². The van der Waals surface area contributed by atoms with Crippen LogP contribution in [0.2, 0.25) is 0 Å². The summed E-state index contributed by atoms with van der Waals surface area (Å²) in [6, 6.07) is 14.0. The van der Waals surface area contributed by atoms with Crippen molar-refractivity contribution in [3.05, 3.63) is 48.5 Å². The van der Waals surface area contributed by atoms with Gasteiger partial charge in [-0.1, -0.05) is 24.3 Å². The molecule has 230 valence electrons. The van der Waals surface area contributed by atoms with Gasteiger partial charge in [0.15, 0.2) is 0 Å². The number of esters is 4. The minimum absolute atomic E-state index is 0.105. The molecule has 0 bridgehead atoms. The zero-order valence-electron chi connectivity index (χ0n) is 24.7. The third-order valence-corrected chi connectivity index (χ3v) is 5.51. The van der Waals surface area contributed by atoms with Crippen LogP contribution in [0.1, 0.15) is 27.7 Å². The number of nitrogens with zero attached hydrogens (tertiary/aromatic N) is 2. The summed E-state index contributed by atoms with van der Waals surface area (Å²) in [4.78, 5) is 52.1. The number of rotatable bonds is 19. The predicted molar refractivity (Wildman–Crippen MR) is 155 cm³/mol. The first-order chi connectivity index (χ1) is 20.3. The molecule has 0 unspecified atom stereocenters. The first kappa shape index (κ1) is 33.7. The third-order valence-electron chi connectivity index (χ3n) is 5.51. The normalized spacial score (nSPS) is 10.3. The number of carbonyl (C=O) groups excluding carboxylic acids is 4. The molecule has 0 atom stereocenters. The van der Waals surface area contributed by atoms with Crippen LogP contribution in [-0.4, -0.2) is 89.7 Å². The van der Waals surface area contributed by atoms with Gasteiger partial charge in [0, 0.05) is 0 Å². The van der Waals surface area contributed by atoms with Crippen molar-refractivity contribution < 1.29 is 47.6 Å². The van der Waals surface area contributed by atoms with Crippen LogP contribution >= 0.6 is 0 Å². The molecule has 0 amide bonds. The first-order valence-electron chi connectivity index (χ1n) is 13.9. The predicted octanol–water partition coefficient (Wildman–Crippen LogP) is 3.01. The average molecular weight is 589 g/mol. The van der Waals surface area contributed by atoms with Gasteiger partial charge in [0.1, 0.15) is 50.9 Å². The largest absolute Gasteiger partial charge is 0.488 e. The lowest BCUT2D eigenvalue weighted by atomic mass is 10.2. The molecule has 2 aromatic rings. The second-order valence-corrected chi connectivity index (χ2v) is 8.56. The Morgan fingerprint density at radius 1 is 0.500 bits per heavy atom. The van der Waals surface area contributed by atoms with E-state index >= 15 is 0 Å². The van der Waals surface area contributed by atoms with Crippen LogP contribution < -0.4 is 19.3 Å². The van der Waals surface area contributed by atoms with Gasteiger partial charge in [0.05, 0.1) is 37.8 Å². The van der Waals surface area contributed by atoms with E-state index in [4.69, 9.17) is 28.4 Å². The molecule has 2 aromatic carbocycles. The zero-order valence-corrected chi connectivity index (χ0v) is 24.7. The molecule has 0 radical (unpaired) electrons. The zero-order chi connectivity index (χ0) is 30.7. The van der Waals surface area contributed by atoms with Gasteiger partial charge in [0.2, 0.25) is 0 Å². The van der Waals surface area contributed by atoms with E-state index in [0.717, 1.165) is 0 Å². The second-order valence-electron chi connectivity index (χ2n) is 8.56. The van der Waals surface area contributed by atoms with Crippen LogP contribution in [0.3, 0.4) is 0 Å². The Balaban J connectivity index is 2.16. The van der Waals surface area contributed by atoms with E-state index in [1.807, 2.05) is 0 Å². The lowest BCUT2D eigenvalue weighted by Crippen LogP contribution is -2.36. The van der Waals surface area contributed by atoms with Crippen molar-refractivity contribution in [2.24, 2.45) is 0 Å². The van der Waals surface area contributed by atoms with Crippen molar-refractivity contribution in [2.75, 3.05) is 75.6 Å². The van der Waals surface area contributed by atoms with E-state index in [-0.39, 0.29) is 65.8 Å². The Labute approximate surface area is 246 Å². The summed E-state index contributed by atoms with van der Waals surface area (Å²) >= 11 is 0. The highest BCUT2D eigenvalue weighted by molar-refractivity contribution is 5.83. The number of benzene rings is 2. The summed E-state index contributed by atoms with van der Waals surface area (Å²) in [6.45, 7) is 7.17. The molecule has 0 aliphatic carbocycles. The summed E-state index contributed by atoms with van der Waals surface area (Å²) in [5, 5.41) is 0. The molecular formula is C30H40N2O10. The number of anilines is 2. The van der Waals surface area contributed by atoms with Gasteiger partial charge in [-0.2, -0.15) is 0 Å². The van der Waals surface area contributed by atoms with Crippen molar-refractivity contribution in [1.29, 1.82) is 0 Å². The Bertz CT molecular complexity index is 1030. The van der Waals surface area contributed by atoms with Gasteiger partial charge in [0.25, 0.3) is 0 Å². The lowest BCUT2D eigenvalue weighted by Gasteiger charge is -2.26. The SMILES string of the molecule is CCOC(=O)CN(CC(=O)OCC)c1ccccc1OCCOc1ccccc1N(CC(=O)OCC)CC(=O)OCC. The Hall–Kier alpha value is -4.48. The van der Waals surface area contributed by atoms with Crippen LogP contribution in [0.4, 0.5) is 11.4 Å². The molecule has 0 aliphatic rings. The fourth-order valence-electron chi connectivity index (χ4n) is 3.89. The number of carbonyl (C=O) groups is 4. The molecule has 0 fully saturated rings.